The molecule has 162 valence electrons. The molecule has 0 saturated heterocycles. The molecule has 2 aromatic heterocycles. The molecule has 0 bridgehead atoms. The number of hydrogen-bond donors (Lipinski definition) is 3. The minimum atomic E-state index is -3.84. The highest BCUT2D eigenvalue weighted by molar-refractivity contribution is 7.92. The molecule has 4 rings (SSSR count). The maximum absolute atomic E-state index is 13.3. The van der Waals surface area contributed by atoms with Crippen LogP contribution in [0.3, 0.4) is 0 Å². The standard InChI is InChI=1S/C22H19FN6O2S/c1-15-12-16(23)5-10-19(15)32(30,31)29-18-8-6-17(7-9-18)27-21-13-22(26-14-25-21)28-20-4-2-3-11-24-20/h2-14,29H,1H3,(H2,24,25,26,27,28). The summed E-state index contributed by atoms with van der Waals surface area (Å²) in [7, 11) is -3.84. The van der Waals surface area contributed by atoms with E-state index in [2.05, 4.69) is 30.3 Å². The fraction of sp³-hybridized carbons (Fsp3) is 0.0455. The van der Waals surface area contributed by atoms with Crippen LogP contribution in [0.15, 0.2) is 84.1 Å². The molecular formula is C22H19FN6O2S. The molecule has 3 N–H and O–H groups in total. The van der Waals surface area contributed by atoms with E-state index in [-0.39, 0.29) is 4.90 Å². The van der Waals surface area contributed by atoms with Gasteiger partial charge in [0.25, 0.3) is 10.0 Å². The average molecular weight is 450 g/mol. The van der Waals surface area contributed by atoms with Gasteiger partial charge in [-0.1, -0.05) is 6.07 Å². The van der Waals surface area contributed by atoms with Crippen LogP contribution in [0.1, 0.15) is 5.56 Å². The van der Waals surface area contributed by atoms with Crippen LogP contribution in [0, 0.1) is 12.7 Å². The van der Waals surface area contributed by atoms with Crippen LogP contribution >= 0.6 is 0 Å². The molecule has 32 heavy (non-hydrogen) atoms. The van der Waals surface area contributed by atoms with Gasteiger partial charge in [-0.05, 0) is 67.1 Å². The summed E-state index contributed by atoms with van der Waals surface area (Å²) in [5.74, 6) is 1.29. The second-order valence-electron chi connectivity index (χ2n) is 6.85. The van der Waals surface area contributed by atoms with Crippen molar-refractivity contribution in [2.45, 2.75) is 11.8 Å². The van der Waals surface area contributed by atoms with E-state index in [1.807, 2.05) is 18.2 Å². The van der Waals surface area contributed by atoms with E-state index in [0.29, 0.717) is 34.4 Å². The molecule has 0 unspecified atom stereocenters. The lowest BCUT2D eigenvalue weighted by molar-refractivity contribution is 0.598. The number of pyridine rings is 1. The van der Waals surface area contributed by atoms with Crippen molar-refractivity contribution >= 4 is 38.9 Å². The number of hydrogen-bond acceptors (Lipinski definition) is 7. The second kappa shape index (κ2) is 8.98. The van der Waals surface area contributed by atoms with Gasteiger partial charge in [0.15, 0.2) is 0 Å². The van der Waals surface area contributed by atoms with Crippen molar-refractivity contribution in [1.29, 1.82) is 0 Å². The lowest BCUT2D eigenvalue weighted by Crippen LogP contribution is -2.14. The first-order chi connectivity index (χ1) is 15.4. The van der Waals surface area contributed by atoms with Gasteiger partial charge in [-0.15, -0.1) is 0 Å². The topological polar surface area (TPSA) is 109 Å². The molecule has 0 aliphatic carbocycles. The normalized spacial score (nSPS) is 11.1. The summed E-state index contributed by atoms with van der Waals surface area (Å²) in [6.07, 6.45) is 3.09. The molecule has 8 nitrogen and oxygen atoms in total. The summed E-state index contributed by atoms with van der Waals surface area (Å²) >= 11 is 0. The maximum Gasteiger partial charge on any atom is 0.262 e. The number of nitrogens with one attached hydrogen (secondary N) is 3. The summed E-state index contributed by atoms with van der Waals surface area (Å²) in [6, 6.07) is 17.4. The summed E-state index contributed by atoms with van der Waals surface area (Å²) in [6.45, 7) is 1.54. The Morgan fingerprint density at radius 2 is 1.50 bits per heavy atom. The van der Waals surface area contributed by atoms with E-state index in [0.717, 1.165) is 6.07 Å². The molecule has 0 fully saturated rings. The monoisotopic (exact) mass is 450 g/mol. The highest BCUT2D eigenvalue weighted by Gasteiger charge is 2.17. The highest BCUT2D eigenvalue weighted by atomic mass is 32.2. The Kier molecular flexibility index (Phi) is 5.95. The van der Waals surface area contributed by atoms with Crippen LogP contribution in [0.5, 0.6) is 0 Å². The Labute approximate surface area is 184 Å². The van der Waals surface area contributed by atoms with Crippen LogP contribution in [-0.4, -0.2) is 23.4 Å². The van der Waals surface area contributed by atoms with E-state index >= 15 is 0 Å². The van der Waals surface area contributed by atoms with Gasteiger partial charge in [-0.3, -0.25) is 4.72 Å². The van der Waals surface area contributed by atoms with Gasteiger partial charge in [-0.2, -0.15) is 0 Å². The van der Waals surface area contributed by atoms with Crippen LogP contribution in [0.4, 0.5) is 33.2 Å². The molecule has 0 radical (unpaired) electrons. The SMILES string of the molecule is Cc1cc(F)ccc1S(=O)(=O)Nc1ccc(Nc2cc(Nc3ccccn3)ncn2)cc1. The predicted octanol–water partition coefficient (Wildman–Crippen LogP) is 4.61. The van der Waals surface area contributed by atoms with E-state index in [4.69, 9.17) is 0 Å². The van der Waals surface area contributed by atoms with E-state index in [1.165, 1.54) is 18.5 Å². The molecule has 0 aliphatic rings. The highest BCUT2D eigenvalue weighted by Crippen LogP contribution is 2.23. The number of benzene rings is 2. The summed E-state index contributed by atoms with van der Waals surface area (Å²) in [5.41, 5.74) is 1.41. The Morgan fingerprint density at radius 3 is 2.19 bits per heavy atom. The number of sulfonamides is 1. The molecule has 0 aliphatic heterocycles. The molecule has 2 aromatic carbocycles. The van der Waals surface area contributed by atoms with E-state index in [9.17, 15) is 12.8 Å². The van der Waals surface area contributed by atoms with Crippen LogP contribution in [0.2, 0.25) is 0 Å². The molecule has 10 heteroatoms. The molecule has 2 heterocycles. The quantitative estimate of drug-likeness (QED) is 0.377. The van der Waals surface area contributed by atoms with Crippen molar-refractivity contribution in [2.24, 2.45) is 0 Å². The number of rotatable bonds is 7. The van der Waals surface area contributed by atoms with Crippen molar-refractivity contribution in [3.8, 4) is 0 Å². The summed E-state index contributed by atoms with van der Waals surface area (Å²) in [4.78, 5) is 12.6. The van der Waals surface area contributed by atoms with Crippen molar-refractivity contribution in [1.82, 2.24) is 15.0 Å². The predicted molar refractivity (Wildman–Crippen MR) is 121 cm³/mol. The number of aryl methyl sites for hydroxylation is 1. The van der Waals surface area contributed by atoms with Crippen LogP contribution < -0.4 is 15.4 Å². The zero-order chi connectivity index (χ0) is 22.6. The largest absolute Gasteiger partial charge is 0.340 e. The third kappa shape index (κ3) is 5.16. The molecule has 0 amide bonds. The molecule has 0 spiro atoms. The Morgan fingerprint density at radius 1 is 0.781 bits per heavy atom. The number of halogens is 1. The Balaban J connectivity index is 1.44. The Hall–Kier alpha value is -4.05. The summed E-state index contributed by atoms with van der Waals surface area (Å²) in [5, 5.41) is 6.22. The van der Waals surface area contributed by atoms with Gasteiger partial charge in [0.1, 0.15) is 29.6 Å². The number of aromatic nitrogens is 3. The van der Waals surface area contributed by atoms with Gasteiger partial charge in [0.05, 0.1) is 4.90 Å². The van der Waals surface area contributed by atoms with Gasteiger partial charge >= 0.3 is 0 Å². The Bertz CT molecular complexity index is 1330. The van der Waals surface area contributed by atoms with Crippen molar-refractivity contribution in [3.05, 3.63) is 90.6 Å². The third-order valence-electron chi connectivity index (χ3n) is 4.42. The van der Waals surface area contributed by atoms with Crippen LogP contribution in [-0.2, 0) is 10.0 Å². The molecule has 0 atom stereocenters. The average Bonchev–Trinajstić information content (AvgIpc) is 2.76. The first-order valence-electron chi connectivity index (χ1n) is 9.55. The smallest absolute Gasteiger partial charge is 0.262 e. The van der Waals surface area contributed by atoms with Crippen molar-refractivity contribution in [3.63, 3.8) is 0 Å². The lowest BCUT2D eigenvalue weighted by atomic mass is 10.2. The fourth-order valence-corrected chi connectivity index (χ4v) is 4.24. The molecule has 0 saturated carbocycles. The van der Waals surface area contributed by atoms with Gasteiger partial charge in [0, 0.05) is 23.6 Å². The second-order valence-corrected chi connectivity index (χ2v) is 8.50. The first kappa shape index (κ1) is 21.2. The first-order valence-corrected chi connectivity index (χ1v) is 11.0. The van der Waals surface area contributed by atoms with Gasteiger partial charge < -0.3 is 10.6 Å². The zero-order valence-electron chi connectivity index (χ0n) is 16.9. The van der Waals surface area contributed by atoms with Crippen molar-refractivity contribution < 1.29 is 12.8 Å². The number of nitrogens with zero attached hydrogens (tertiary/aromatic N) is 3. The minimum absolute atomic E-state index is 0.0232. The fourth-order valence-electron chi connectivity index (χ4n) is 2.96. The molecular weight excluding hydrogens is 431 g/mol. The lowest BCUT2D eigenvalue weighted by Gasteiger charge is -2.12. The van der Waals surface area contributed by atoms with E-state index < -0.39 is 15.8 Å². The summed E-state index contributed by atoms with van der Waals surface area (Å²) < 4.78 is 41.0. The van der Waals surface area contributed by atoms with Gasteiger partial charge in [-0.25, -0.2) is 27.8 Å². The zero-order valence-corrected chi connectivity index (χ0v) is 17.8. The van der Waals surface area contributed by atoms with E-state index in [1.54, 1.807) is 43.5 Å². The molecule has 4 aromatic rings. The van der Waals surface area contributed by atoms with Gasteiger partial charge in [0.2, 0.25) is 0 Å². The third-order valence-corrected chi connectivity index (χ3v) is 5.97. The number of anilines is 5. The van der Waals surface area contributed by atoms with Crippen LogP contribution in [0.25, 0.3) is 0 Å². The van der Waals surface area contributed by atoms with Crippen molar-refractivity contribution in [2.75, 3.05) is 15.4 Å². The maximum atomic E-state index is 13.3. The minimum Gasteiger partial charge on any atom is -0.340 e.